The Kier molecular flexibility index (Phi) is 3.91. The van der Waals surface area contributed by atoms with Gasteiger partial charge in [0.25, 0.3) is 0 Å². The maximum Gasteiger partial charge on any atom is 0.126 e. The molecule has 0 aromatic carbocycles. The van der Waals surface area contributed by atoms with E-state index in [-0.39, 0.29) is 6.10 Å². The van der Waals surface area contributed by atoms with E-state index in [4.69, 9.17) is 22.7 Å². The summed E-state index contributed by atoms with van der Waals surface area (Å²) < 4.78 is 5.43. The Hall–Kier alpha value is -1.20. The molecule has 0 bridgehead atoms. The minimum Gasteiger partial charge on any atom is -0.389 e. The number of methoxy groups -OCH3 is 1. The van der Waals surface area contributed by atoms with Crippen LogP contribution < -0.4 is 11.1 Å². The minimum absolute atomic E-state index is 0.269. The van der Waals surface area contributed by atoms with Crippen molar-refractivity contribution in [2.75, 3.05) is 12.4 Å². The van der Waals surface area contributed by atoms with Crippen molar-refractivity contribution in [3.8, 4) is 0 Å². The largest absolute Gasteiger partial charge is 0.389 e. The zero-order chi connectivity index (χ0) is 12.3. The molecule has 1 aliphatic rings. The van der Waals surface area contributed by atoms with Crippen LogP contribution in [0.4, 0.5) is 5.82 Å². The van der Waals surface area contributed by atoms with Crippen molar-refractivity contribution in [3.63, 3.8) is 0 Å². The fourth-order valence-corrected chi connectivity index (χ4v) is 2.35. The summed E-state index contributed by atoms with van der Waals surface area (Å²) in [5, 5.41) is 3.39. The van der Waals surface area contributed by atoms with Gasteiger partial charge >= 0.3 is 0 Å². The van der Waals surface area contributed by atoms with Gasteiger partial charge < -0.3 is 15.8 Å². The van der Waals surface area contributed by atoms with Crippen LogP contribution in [0.15, 0.2) is 18.3 Å². The Morgan fingerprint density at radius 2 is 2.41 bits per heavy atom. The van der Waals surface area contributed by atoms with Crippen molar-refractivity contribution < 1.29 is 4.74 Å². The summed E-state index contributed by atoms with van der Waals surface area (Å²) in [7, 11) is 1.75. The molecule has 1 fully saturated rings. The topological polar surface area (TPSA) is 60.2 Å². The minimum atomic E-state index is 0.269. The molecule has 0 amide bonds. The number of anilines is 1. The first kappa shape index (κ1) is 12.3. The van der Waals surface area contributed by atoms with E-state index in [1.807, 2.05) is 12.1 Å². The molecule has 2 unspecified atom stereocenters. The molecule has 1 heterocycles. The fraction of sp³-hybridized carbons (Fsp3) is 0.500. The highest BCUT2D eigenvalue weighted by molar-refractivity contribution is 7.80. The van der Waals surface area contributed by atoms with Crippen molar-refractivity contribution in [2.45, 2.75) is 31.4 Å². The lowest BCUT2D eigenvalue weighted by Crippen LogP contribution is -2.30. The highest BCUT2D eigenvalue weighted by atomic mass is 32.1. The third kappa shape index (κ3) is 2.92. The molecular formula is C12H17N3OS. The Bertz CT molecular complexity index is 410. The summed E-state index contributed by atoms with van der Waals surface area (Å²) in [4.78, 5) is 4.67. The molecule has 0 spiro atoms. The molecule has 1 saturated carbocycles. The third-order valence-corrected chi connectivity index (χ3v) is 3.37. The van der Waals surface area contributed by atoms with E-state index in [9.17, 15) is 0 Å². The summed E-state index contributed by atoms with van der Waals surface area (Å²) in [5.41, 5.74) is 6.43. The highest BCUT2D eigenvalue weighted by Gasteiger charge is 2.27. The predicted octanol–water partition coefficient (Wildman–Crippen LogP) is 1.70. The fourth-order valence-electron chi connectivity index (χ4n) is 2.23. The molecule has 4 nitrogen and oxygen atoms in total. The smallest absolute Gasteiger partial charge is 0.126 e. The predicted molar refractivity (Wildman–Crippen MR) is 72.2 cm³/mol. The molecule has 92 valence electrons. The number of pyridine rings is 1. The van der Waals surface area contributed by atoms with Crippen LogP contribution in [0.1, 0.15) is 24.8 Å². The number of ether oxygens (including phenoxy) is 1. The molecule has 2 rings (SSSR count). The normalized spacial score (nSPS) is 23.6. The maximum absolute atomic E-state index is 5.60. The molecule has 5 heteroatoms. The highest BCUT2D eigenvalue weighted by Crippen LogP contribution is 2.24. The summed E-state index contributed by atoms with van der Waals surface area (Å²) in [6, 6.07) is 4.03. The van der Waals surface area contributed by atoms with Crippen molar-refractivity contribution in [1.82, 2.24) is 4.98 Å². The lowest BCUT2D eigenvalue weighted by molar-refractivity contribution is 0.101. The van der Waals surface area contributed by atoms with Gasteiger partial charge in [0.1, 0.15) is 10.8 Å². The second-order valence-corrected chi connectivity index (χ2v) is 4.69. The van der Waals surface area contributed by atoms with Gasteiger partial charge in [-0.2, -0.15) is 0 Å². The van der Waals surface area contributed by atoms with Crippen LogP contribution in [0.2, 0.25) is 0 Å². The van der Waals surface area contributed by atoms with E-state index < -0.39 is 0 Å². The van der Waals surface area contributed by atoms with Crippen LogP contribution in [0.3, 0.4) is 0 Å². The van der Waals surface area contributed by atoms with Gasteiger partial charge in [0.05, 0.1) is 12.1 Å². The van der Waals surface area contributed by atoms with Crippen LogP contribution in [-0.4, -0.2) is 29.2 Å². The molecule has 1 aromatic rings. The summed E-state index contributed by atoms with van der Waals surface area (Å²) in [6.45, 7) is 0. The van der Waals surface area contributed by atoms with E-state index in [0.29, 0.717) is 11.0 Å². The van der Waals surface area contributed by atoms with Crippen molar-refractivity contribution in [1.29, 1.82) is 0 Å². The molecule has 0 aliphatic heterocycles. The summed E-state index contributed by atoms with van der Waals surface area (Å²) in [6.07, 6.45) is 5.38. The Labute approximate surface area is 107 Å². The zero-order valence-electron chi connectivity index (χ0n) is 9.85. The van der Waals surface area contributed by atoms with Gasteiger partial charge in [-0.05, 0) is 31.4 Å². The number of nitrogens with zero attached hydrogens (tertiary/aromatic N) is 1. The van der Waals surface area contributed by atoms with Crippen molar-refractivity contribution in [3.05, 3.63) is 23.9 Å². The van der Waals surface area contributed by atoms with E-state index in [2.05, 4.69) is 10.3 Å². The SMILES string of the molecule is COC1CCCC1Nc1cc(C(N)=S)ccn1. The lowest BCUT2D eigenvalue weighted by atomic mass is 10.2. The second-order valence-electron chi connectivity index (χ2n) is 4.25. The van der Waals surface area contributed by atoms with Gasteiger partial charge in [-0.3, -0.25) is 0 Å². The Morgan fingerprint density at radius 3 is 3.12 bits per heavy atom. The van der Waals surface area contributed by atoms with Gasteiger partial charge in [0, 0.05) is 18.9 Å². The molecule has 17 heavy (non-hydrogen) atoms. The molecule has 1 aromatic heterocycles. The standard InChI is InChI=1S/C12H17N3OS/c1-16-10-4-2-3-9(10)15-11-7-8(12(13)17)5-6-14-11/h5-7,9-10H,2-4H2,1H3,(H2,13,17)(H,14,15). The number of hydrogen-bond acceptors (Lipinski definition) is 4. The molecule has 3 N–H and O–H groups in total. The zero-order valence-corrected chi connectivity index (χ0v) is 10.7. The van der Waals surface area contributed by atoms with Gasteiger partial charge in [0.15, 0.2) is 0 Å². The number of hydrogen-bond donors (Lipinski definition) is 2. The number of nitrogens with one attached hydrogen (secondary N) is 1. The van der Waals surface area contributed by atoms with Crippen LogP contribution in [0, 0.1) is 0 Å². The van der Waals surface area contributed by atoms with E-state index in [1.165, 1.54) is 6.42 Å². The van der Waals surface area contributed by atoms with Gasteiger partial charge in [0.2, 0.25) is 0 Å². The molecule has 2 atom stereocenters. The number of aromatic nitrogens is 1. The first-order valence-corrected chi connectivity index (χ1v) is 6.16. The van der Waals surface area contributed by atoms with Crippen LogP contribution in [0.5, 0.6) is 0 Å². The van der Waals surface area contributed by atoms with E-state index in [1.54, 1.807) is 13.3 Å². The Morgan fingerprint density at radius 1 is 1.59 bits per heavy atom. The summed E-state index contributed by atoms with van der Waals surface area (Å²) >= 11 is 4.95. The van der Waals surface area contributed by atoms with Crippen LogP contribution >= 0.6 is 12.2 Å². The lowest BCUT2D eigenvalue weighted by Gasteiger charge is -2.20. The first-order chi connectivity index (χ1) is 8.20. The number of rotatable bonds is 4. The van der Waals surface area contributed by atoms with E-state index in [0.717, 1.165) is 24.2 Å². The van der Waals surface area contributed by atoms with Crippen molar-refractivity contribution in [2.24, 2.45) is 5.73 Å². The average molecular weight is 251 g/mol. The van der Waals surface area contributed by atoms with E-state index >= 15 is 0 Å². The van der Waals surface area contributed by atoms with Crippen LogP contribution in [0.25, 0.3) is 0 Å². The third-order valence-electron chi connectivity index (χ3n) is 3.13. The van der Waals surface area contributed by atoms with Crippen molar-refractivity contribution >= 4 is 23.0 Å². The molecule has 1 aliphatic carbocycles. The second kappa shape index (κ2) is 5.42. The summed E-state index contributed by atoms with van der Waals surface area (Å²) in [5.74, 6) is 0.809. The average Bonchev–Trinajstić information content (AvgIpc) is 2.76. The molecule has 0 saturated heterocycles. The number of nitrogens with two attached hydrogens (primary N) is 1. The Balaban J connectivity index is 2.07. The quantitative estimate of drug-likeness (QED) is 0.798. The van der Waals surface area contributed by atoms with Crippen LogP contribution in [-0.2, 0) is 4.74 Å². The monoisotopic (exact) mass is 251 g/mol. The first-order valence-electron chi connectivity index (χ1n) is 5.76. The van der Waals surface area contributed by atoms with Gasteiger partial charge in [-0.15, -0.1) is 0 Å². The molecular weight excluding hydrogens is 234 g/mol. The van der Waals surface area contributed by atoms with Gasteiger partial charge in [-0.1, -0.05) is 12.2 Å². The van der Waals surface area contributed by atoms with Gasteiger partial charge in [-0.25, -0.2) is 4.98 Å². The molecule has 0 radical (unpaired) electrons. The maximum atomic E-state index is 5.60. The number of thiocarbonyl (C=S) groups is 1.